The zero-order valence-corrected chi connectivity index (χ0v) is 49.1. The largest absolute Gasteiger partial charge is 0.494 e. The summed E-state index contributed by atoms with van der Waals surface area (Å²) in [7, 11) is -0.392. The van der Waals surface area contributed by atoms with E-state index < -0.39 is 97.3 Å². The number of rotatable bonds is 17. The second kappa shape index (κ2) is 27.6. The van der Waals surface area contributed by atoms with E-state index in [1.54, 1.807) is 60.7 Å². The van der Waals surface area contributed by atoms with Crippen LogP contribution in [0, 0.1) is 11.6 Å². The third kappa shape index (κ3) is 16.6. The molecule has 91 heavy (non-hydrogen) atoms. The number of benzene rings is 5. The van der Waals surface area contributed by atoms with Gasteiger partial charge in [0, 0.05) is 110 Å². The van der Waals surface area contributed by atoms with Crippen molar-refractivity contribution in [2.75, 3.05) is 82.6 Å². The van der Waals surface area contributed by atoms with E-state index in [1.807, 2.05) is 52.0 Å². The number of aliphatic hydroxyl groups is 3. The van der Waals surface area contributed by atoms with Gasteiger partial charge in [0.1, 0.15) is 35.9 Å². The van der Waals surface area contributed by atoms with Gasteiger partial charge in [0.15, 0.2) is 5.60 Å². The van der Waals surface area contributed by atoms with Crippen molar-refractivity contribution in [1.29, 1.82) is 0 Å². The van der Waals surface area contributed by atoms with E-state index in [-0.39, 0.29) is 24.3 Å². The number of aromatic nitrogens is 5. The fraction of sp³-hybridized carbons (Fsp3) is 0.387. The van der Waals surface area contributed by atoms with E-state index in [2.05, 4.69) is 62.9 Å². The first-order valence-electron chi connectivity index (χ1n) is 28.5. The maximum absolute atomic E-state index is 16.1. The van der Waals surface area contributed by atoms with Gasteiger partial charge in [0.25, 0.3) is 11.8 Å². The Kier molecular flexibility index (Phi) is 20.8. The Morgan fingerprint density at radius 1 is 0.593 bits per heavy atom. The van der Waals surface area contributed by atoms with E-state index in [0.717, 1.165) is 83.6 Å². The number of tetrazole rings is 1. The van der Waals surface area contributed by atoms with E-state index in [4.69, 9.17) is 9.31 Å². The number of hydrogen-bond donors (Lipinski definition) is 5. The Morgan fingerprint density at radius 3 is 1.37 bits per heavy atom. The smallest absolute Gasteiger partial charge is 0.399 e. The van der Waals surface area contributed by atoms with E-state index >= 15 is 8.78 Å². The van der Waals surface area contributed by atoms with Crippen LogP contribution < -0.4 is 35.7 Å². The number of carbonyl (C=O) groups is 2. The second-order valence-electron chi connectivity index (χ2n) is 22.9. The Bertz CT molecular complexity index is 3530. The highest BCUT2D eigenvalue weighted by Gasteiger charge is 2.58. The number of carbonyl (C=O) groups excluding carboxylic acids is 2. The molecule has 2 unspecified atom stereocenters. The summed E-state index contributed by atoms with van der Waals surface area (Å²) in [5.74, 6) is -8.82. The molecule has 3 fully saturated rings. The monoisotopic (exact) mass is 1280 g/mol. The number of piperazine rings is 2. The van der Waals surface area contributed by atoms with Gasteiger partial charge < -0.3 is 54.9 Å². The molecule has 18 nitrogen and oxygen atoms in total. The molecule has 0 aliphatic carbocycles. The van der Waals surface area contributed by atoms with Gasteiger partial charge in [-0.1, -0.05) is 37.8 Å². The van der Waals surface area contributed by atoms with Crippen LogP contribution in [0.1, 0.15) is 59.2 Å². The Balaban J connectivity index is 0.000000247. The van der Waals surface area contributed by atoms with Crippen molar-refractivity contribution in [2.45, 2.75) is 102 Å². The lowest BCUT2D eigenvalue weighted by molar-refractivity contribution is -0.207. The molecule has 2 amide bonds. The van der Waals surface area contributed by atoms with Gasteiger partial charge in [-0.25, -0.2) is 13.5 Å². The molecule has 0 radical (unpaired) electrons. The van der Waals surface area contributed by atoms with Crippen molar-refractivity contribution in [3.05, 3.63) is 163 Å². The number of aliphatic hydroxyl groups excluding tert-OH is 2. The molecule has 3 saturated heterocycles. The summed E-state index contributed by atoms with van der Waals surface area (Å²) in [4.78, 5) is 36.4. The van der Waals surface area contributed by atoms with Crippen molar-refractivity contribution in [3.63, 3.8) is 0 Å². The summed E-state index contributed by atoms with van der Waals surface area (Å²) in [6.45, 7) is 13.0. The number of nitrogens with one attached hydrogen (secondary N) is 2. The number of alkyl halides is 8. The summed E-state index contributed by atoms with van der Waals surface area (Å²) >= 11 is 0. The number of pyridine rings is 1. The van der Waals surface area contributed by atoms with Crippen molar-refractivity contribution in [1.82, 2.24) is 25.2 Å². The van der Waals surface area contributed by atoms with Gasteiger partial charge in [-0.05, 0) is 140 Å². The highest BCUT2D eigenvalue weighted by Crippen LogP contribution is 2.47. The average Bonchev–Trinajstić information content (AvgIpc) is 1.04. The zero-order chi connectivity index (χ0) is 65.0. The lowest BCUT2D eigenvalue weighted by Crippen LogP contribution is -2.48. The van der Waals surface area contributed by atoms with E-state index in [9.17, 15) is 60.0 Å². The molecule has 3 aliphatic heterocycles. The van der Waals surface area contributed by atoms with Crippen LogP contribution in [0.15, 0.2) is 140 Å². The van der Waals surface area contributed by atoms with Crippen molar-refractivity contribution >= 4 is 58.5 Å². The van der Waals surface area contributed by atoms with Gasteiger partial charge in [-0.15, -0.1) is 5.10 Å². The molecule has 5 heterocycles. The predicted octanol–water partition coefficient (Wildman–Crippen LogP) is 9.47. The van der Waals surface area contributed by atoms with Crippen molar-refractivity contribution < 1.29 is 78.1 Å². The predicted molar refractivity (Wildman–Crippen MR) is 323 cm³/mol. The van der Waals surface area contributed by atoms with Crippen LogP contribution >= 0.6 is 0 Å². The zero-order valence-electron chi connectivity index (χ0n) is 49.1. The van der Waals surface area contributed by atoms with Crippen LogP contribution in [0.3, 0.4) is 0 Å². The molecule has 0 saturated carbocycles. The third-order valence-electron chi connectivity index (χ3n) is 16.1. The summed E-state index contributed by atoms with van der Waals surface area (Å²) in [6, 6.07) is 33.3. The highest BCUT2D eigenvalue weighted by molar-refractivity contribution is 6.62. The van der Waals surface area contributed by atoms with Crippen LogP contribution in [-0.2, 0) is 37.0 Å². The van der Waals surface area contributed by atoms with Crippen LogP contribution in [0.5, 0.6) is 0 Å². The molecule has 3 atom stereocenters. The molecule has 10 rings (SSSR count). The molecule has 486 valence electrons. The van der Waals surface area contributed by atoms with E-state index in [0.29, 0.717) is 49.1 Å². The lowest BCUT2D eigenvalue weighted by Gasteiger charge is -2.37. The summed E-state index contributed by atoms with van der Waals surface area (Å²) in [6.07, 6.45) is -14.7. The minimum atomic E-state index is -4.67. The molecule has 0 spiro atoms. The Morgan fingerprint density at radius 2 is 1.00 bits per heavy atom. The second-order valence-corrected chi connectivity index (χ2v) is 22.9. The Labute approximate surface area is 518 Å². The first-order chi connectivity index (χ1) is 42.4. The van der Waals surface area contributed by atoms with E-state index in [1.165, 1.54) is 12.3 Å². The fourth-order valence-corrected chi connectivity index (χ4v) is 10.3. The van der Waals surface area contributed by atoms with Gasteiger partial charge in [-0.3, -0.25) is 14.6 Å². The van der Waals surface area contributed by atoms with Gasteiger partial charge in [0.2, 0.25) is 0 Å². The SMILES string of the molecule is C.CC1(C)OB(c2ccc(N3CCN(c4ccc(NC(=O)C(O)CC(F)(F)F)cc4)CC3)cc2)OC1(C)C.O=C(Nc1ccc(N2CCN(c3ccc(-c4ccc(C(F)(F)[C@](O)(Cn5cnnn5)c5ccc(F)cc5F)nc4)cc3)CC2)cc1)C(O)CC(F)(F)F. The van der Waals surface area contributed by atoms with Crippen LogP contribution in [0.4, 0.5) is 78.0 Å². The molecular weight excluding hydrogens is 1210 g/mol. The number of hydrogen-bond acceptors (Lipinski definition) is 15. The van der Waals surface area contributed by atoms with Gasteiger partial charge in [-0.2, -0.15) is 35.1 Å². The van der Waals surface area contributed by atoms with Gasteiger partial charge >= 0.3 is 25.4 Å². The van der Waals surface area contributed by atoms with Crippen LogP contribution in [-0.4, -0.2) is 148 Å². The minimum Gasteiger partial charge on any atom is -0.399 e. The molecule has 5 N–H and O–H groups in total. The molecular formula is C62H68BF10N11O7. The summed E-state index contributed by atoms with van der Waals surface area (Å²) < 4.78 is 148. The highest BCUT2D eigenvalue weighted by atomic mass is 19.4. The third-order valence-corrected chi connectivity index (χ3v) is 16.1. The molecule has 29 heteroatoms. The van der Waals surface area contributed by atoms with Crippen molar-refractivity contribution in [3.8, 4) is 11.1 Å². The van der Waals surface area contributed by atoms with Crippen molar-refractivity contribution in [2.24, 2.45) is 0 Å². The first-order valence-corrected chi connectivity index (χ1v) is 28.5. The van der Waals surface area contributed by atoms with Gasteiger partial charge in [0.05, 0.1) is 30.6 Å². The maximum atomic E-state index is 16.1. The molecule has 5 aromatic carbocycles. The van der Waals surface area contributed by atoms with Crippen LogP contribution in [0.2, 0.25) is 0 Å². The summed E-state index contributed by atoms with van der Waals surface area (Å²) in [5, 5.41) is 45.2. The number of amides is 2. The number of anilines is 6. The maximum Gasteiger partial charge on any atom is 0.494 e. The standard InChI is InChI=1S/C35H31F7N8O3.C26H33BF3N3O4.CH4/c36-24-4-11-28(29(37)17-24)33(53,20-50-21-44-46-47-50)35(41,42)31-12-3-23(19-43-31)22-1-7-26(8-2-22)48-13-15-49(16-14-48)27-9-5-25(6-10-27)45-32(52)30(51)18-34(38,39)40;1-24(2)25(3,4)37-27(36-24)18-5-9-20(10-6-18)32-13-15-33(16-14-32)21-11-7-19(8-12-21)31-23(35)22(34)17-26(28,29)30;/h1-12,17,19,21,30,51,53H,13-16,18,20H2,(H,45,52);5-12,22,34H,13-17H2,1-4H3,(H,31,35);1H4/t30?,33-;;/m0../s1. The Hall–Kier alpha value is -8.38. The normalized spacial score (nSPS) is 17.3. The quantitative estimate of drug-likeness (QED) is 0.0425. The average molecular weight is 1280 g/mol. The first kappa shape index (κ1) is 68.5. The topological polar surface area (TPSA) is 207 Å². The summed E-state index contributed by atoms with van der Waals surface area (Å²) in [5.41, 5.74) is 0.787. The minimum absolute atomic E-state index is 0. The number of halogens is 10. The molecule has 7 aromatic rings. The lowest BCUT2D eigenvalue weighted by atomic mass is 9.79. The van der Waals surface area contributed by atoms with Crippen LogP contribution in [0.25, 0.3) is 11.1 Å². The molecule has 3 aliphatic rings. The fourth-order valence-electron chi connectivity index (χ4n) is 10.3. The number of nitrogens with zero attached hydrogens (tertiary/aromatic N) is 9. The molecule has 2 aromatic heterocycles. The molecule has 0 bridgehead atoms.